The minimum Gasteiger partial charge on any atom is -0.481 e. The van der Waals surface area contributed by atoms with E-state index in [1.165, 1.54) is 0 Å². The van der Waals surface area contributed by atoms with Crippen LogP contribution in [0.2, 0.25) is 0 Å². The number of hydrogen-bond acceptors (Lipinski definition) is 2. The second-order valence-electron chi connectivity index (χ2n) is 3.50. The molecule has 1 amide bonds. The maximum atomic E-state index is 11.4. The van der Waals surface area contributed by atoms with Gasteiger partial charge >= 0.3 is 0 Å². The van der Waals surface area contributed by atoms with E-state index < -0.39 is 6.10 Å². The summed E-state index contributed by atoms with van der Waals surface area (Å²) in [5.74, 6) is 2.80. The van der Waals surface area contributed by atoms with Crippen molar-refractivity contribution in [2.75, 3.05) is 6.54 Å². The van der Waals surface area contributed by atoms with Crippen molar-refractivity contribution < 1.29 is 9.53 Å². The van der Waals surface area contributed by atoms with Gasteiger partial charge in [0.05, 0.1) is 6.54 Å². The molecule has 3 heteroatoms. The molecule has 1 aromatic carbocycles. The molecule has 0 heterocycles. The van der Waals surface area contributed by atoms with Crippen LogP contribution in [0.15, 0.2) is 24.3 Å². The highest BCUT2D eigenvalue weighted by Crippen LogP contribution is 2.13. The van der Waals surface area contributed by atoms with Gasteiger partial charge in [-0.05, 0) is 26.0 Å². The van der Waals surface area contributed by atoms with Crippen LogP contribution in [-0.4, -0.2) is 18.6 Å². The van der Waals surface area contributed by atoms with Crippen LogP contribution in [0.25, 0.3) is 0 Å². The molecular formula is C13H15NO2. The van der Waals surface area contributed by atoms with Crippen LogP contribution in [0.1, 0.15) is 12.5 Å². The summed E-state index contributed by atoms with van der Waals surface area (Å²) in [4.78, 5) is 11.4. The molecule has 16 heavy (non-hydrogen) atoms. The molecule has 0 bridgehead atoms. The fourth-order valence-corrected chi connectivity index (χ4v) is 1.16. The Kier molecular flexibility index (Phi) is 4.41. The molecule has 1 aromatic rings. The molecule has 0 saturated carbocycles. The summed E-state index contributed by atoms with van der Waals surface area (Å²) >= 11 is 0. The third-order valence-electron chi connectivity index (χ3n) is 2.07. The number of ether oxygens (including phenoxy) is 1. The van der Waals surface area contributed by atoms with Gasteiger partial charge in [0, 0.05) is 0 Å². The van der Waals surface area contributed by atoms with Gasteiger partial charge in [-0.2, -0.15) is 0 Å². The van der Waals surface area contributed by atoms with Crippen molar-refractivity contribution in [2.24, 2.45) is 0 Å². The molecule has 0 aromatic heterocycles. The van der Waals surface area contributed by atoms with Crippen LogP contribution >= 0.6 is 0 Å². The topological polar surface area (TPSA) is 38.3 Å². The molecule has 84 valence electrons. The van der Waals surface area contributed by atoms with E-state index in [2.05, 4.69) is 11.2 Å². The van der Waals surface area contributed by atoms with Crippen molar-refractivity contribution in [3.63, 3.8) is 0 Å². The second kappa shape index (κ2) is 5.82. The summed E-state index contributed by atoms with van der Waals surface area (Å²) < 4.78 is 5.45. The standard InChI is InChI=1S/C13H15NO2/c1-4-9-14-13(15)11(3)16-12-7-5-10(2)6-8-12/h1,5-8,11H,9H2,2-3H3,(H,14,15). The number of carbonyl (C=O) groups excluding carboxylic acids is 1. The van der Waals surface area contributed by atoms with Gasteiger partial charge in [0.15, 0.2) is 6.10 Å². The number of amides is 1. The van der Waals surface area contributed by atoms with Crippen molar-refractivity contribution in [3.8, 4) is 18.1 Å². The van der Waals surface area contributed by atoms with E-state index in [4.69, 9.17) is 11.2 Å². The molecule has 1 unspecified atom stereocenters. The van der Waals surface area contributed by atoms with Crippen LogP contribution in [-0.2, 0) is 4.79 Å². The first-order chi connectivity index (χ1) is 7.63. The highest BCUT2D eigenvalue weighted by Gasteiger charge is 2.13. The Morgan fingerprint density at radius 1 is 1.50 bits per heavy atom. The lowest BCUT2D eigenvalue weighted by Crippen LogP contribution is -2.36. The quantitative estimate of drug-likeness (QED) is 0.776. The van der Waals surface area contributed by atoms with E-state index in [1.807, 2.05) is 31.2 Å². The molecule has 1 N–H and O–H groups in total. The van der Waals surface area contributed by atoms with Crippen molar-refractivity contribution in [1.82, 2.24) is 5.32 Å². The molecule has 0 fully saturated rings. The number of rotatable bonds is 4. The zero-order chi connectivity index (χ0) is 12.0. The Labute approximate surface area is 95.8 Å². The predicted octanol–water partition coefficient (Wildman–Crippen LogP) is 1.51. The lowest BCUT2D eigenvalue weighted by Gasteiger charge is -2.13. The van der Waals surface area contributed by atoms with E-state index in [-0.39, 0.29) is 12.5 Å². The van der Waals surface area contributed by atoms with Crippen molar-refractivity contribution in [3.05, 3.63) is 29.8 Å². The maximum Gasteiger partial charge on any atom is 0.261 e. The average Bonchev–Trinajstić information content (AvgIpc) is 2.29. The van der Waals surface area contributed by atoms with Gasteiger partial charge in [0.2, 0.25) is 0 Å². The molecule has 1 rings (SSSR count). The summed E-state index contributed by atoms with van der Waals surface area (Å²) in [5, 5.41) is 2.56. The lowest BCUT2D eigenvalue weighted by atomic mass is 10.2. The van der Waals surface area contributed by atoms with Gasteiger partial charge < -0.3 is 10.1 Å². The third-order valence-corrected chi connectivity index (χ3v) is 2.07. The number of terminal acetylenes is 1. The second-order valence-corrected chi connectivity index (χ2v) is 3.50. The Hall–Kier alpha value is -1.95. The largest absolute Gasteiger partial charge is 0.481 e. The Morgan fingerprint density at radius 2 is 2.12 bits per heavy atom. The molecule has 0 aliphatic carbocycles. The Balaban J connectivity index is 2.51. The normalized spacial score (nSPS) is 11.3. The first-order valence-electron chi connectivity index (χ1n) is 5.08. The minimum absolute atomic E-state index is 0.210. The molecule has 0 radical (unpaired) electrons. The van der Waals surface area contributed by atoms with E-state index in [1.54, 1.807) is 6.92 Å². The smallest absolute Gasteiger partial charge is 0.261 e. The first-order valence-corrected chi connectivity index (χ1v) is 5.08. The number of aryl methyl sites for hydroxylation is 1. The van der Waals surface area contributed by atoms with Crippen LogP contribution in [0.4, 0.5) is 0 Å². The molecule has 0 spiro atoms. The monoisotopic (exact) mass is 217 g/mol. The Morgan fingerprint density at radius 3 is 2.69 bits per heavy atom. The minimum atomic E-state index is -0.545. The van der Waals surface area contributed by atoms with Gasteiger partial charge in [0.1, 0.15) is 5.75 Å². The molecular weight excluding hydrogens is 202 g/mol. The van der Waals surface area contributed by atoms with Gasteiger partial charge in [-0.1, -0.05) is 23.6 Å². The third kappa shape index (κ3) is 3.66. The highest BCUT2D eigenvalue weighted by molar-refractivity contribution is 5.80. The fraction of sp³-hybridized carbons (Fsp3) is 0.308. The van der Waals surface area contributed by atoms with Gasteiger partial charge in [-0.25, -0.2) is 0 Å². The van der Waals surface area contributed by atoms with Crippen LogP contribution in [0, 0.1) is 19.3 Å². The fourth-order valence-electron chi connectivity index (χ4n) is 1.16. The van der Waals surface area contributed by atoms with E-state index >= 15 is 0 Å². The van der Waals surface area contributed by atoms with E-state index in [0.717, 1.165) is 5.56 Å². The lowest BCUT2D eigenvalue weighted by molar-refractivity contribution is -0.126. The summed E-state index contributed by atoms with van der Waals surface area (Å²) in [6.45, 7) is 3.90. The summed E-state index contributed by atoms with van der Waals surface area (Å²) in [6.07, 6.45) is 4.50. The molecule has 0 saturated heterocycles. The first kappa shape index (κ1) is 12.1. The maximum absolute atomic E-state index is 11.4. The molecule has 3 nitrogen and oxygen atoms in total. The Bertz CT molecular complexity index is 389. The van der Waals surface area contributed by atoms with Gasteiger partial charge in [0.25, 0.3) is 5.91 Å². The molecule has 1 atom stereocenters. The van der Waals surface area contributed by atoms with Crippen LogP contribution < -0.4 is 10.1 Å². The summed E-state index contributed by atoms with van der Waals surface area (Å²) in [5.41, 5.74) is 1.15. The SMILES string of the molecule is C#CCNC(=O)C(C)Oc1ccc(C)cc1. The number of nitrogens with one attached hydrogen (secondary N) is 1. The van der Waals surface area contributed by atoms with Crippen molar-refractivity contribution in [2.45, 2.75) is 20.0 Å². The van der Waals surface area contributed by atoms with Crippen LogP contribution in [0.3, 0.4) is 0 Å². The summed E-state index contributed by atoms with van der Waals surface area (Å²) in [7, 11) is 0. The number of carbonyl (C=O) groups is 1. The predicted molar refractivity (Wildman–Crippen MR) is 63.1 cm³/mol. The van der Waals surface area contributed by atoms with Crippen molar-refractivity contribution in [1.29, 1.82) is 0 Å². The van der Waals surface area contributed by atoms with E-state index in [9.17, 15) is 4.79 Å². The van der Waals surface area contributed by atoms with E-state index in [0.29, 0.717) is 5.75 Å². The van der Waals surface area contributed by atoms with Gasteiger partial charge in [-0.3, -0.25) is 4.79 Å². The highest BCUT2D eigenvalue weighted by atomic mass is 16.5. The molecule has 0 aliphatic rings. The number of benzene rings is 1. The average molecular weight is 217 g/mol. The van der Waals surface area contributed by atoms with Crippen molar-refractivity contribution >= 4 is 5.91 Å². The number of hydrogen-bond donors (Lipinski definition) is 1. The molecule has 0 aliphatic heterocycles. The van der Waals surface area contributed by atoms with Gasteiger partial charge in [-0.15, -0.1) is 6.42 Å². The summed E-state index contributed by atoms with van der Waals surface area (Å²) in [6, 6.07) is 7.53. The zero-order valence-electron chi connectivity index (χ0n) is 9.49. The zero-order valence-corrected chi connectivity index (χ0v) is 9.49. The van der Waals surface area contributed by atoms with Crippen LogP contribution in [0.5, 0.6) is 5.75 Å².